The van der Waals surface area contributed by atoms with Gasteiger partial charge < -0.3 is 10.0 Å². The first-order chi connectivity index (χ1) is 7.31. The summed E-state index contributed by atoms with van der Waals surface area (Å²) < 4.78 is 0. The van der Waals surface area contributed by atoms with E-state index >= 15 is 0 Å². The standard InChI is InChI=1S/C13H21NO/c15-13-3-5-14(6-4-13)9-12-8-10-1-2-11(12)7-10/h1-2,10-13,15H,3-9H2/p+1/t10-,11+,12-/m0/s1. The van der Waals surface area contributed by atoms with Crippen molar-refractivity contribution in [2.45, 2.75) is 31.8 Å². The molecular weight excluding hydrogens is 186 g/mol. The second-order valence-electron chi connectivity index (χ2n) is 5.73. The molecule has 0 amide bonds. The van der Waals surface area contributed by atoms with Crippen LogP contribution in [0.2, 0.25) is 0 Å². The number of likely N-dealkylation sites (tertiary alicyclic amines) is 1. The Bertz CT molecular complexity index is 255. The summed E-state index contributed by atoms with van der Waals surface area (Å²) >= 11 is 0. The molecular formula is C13H22NO+. The van der Waals surface area contributed by atoms with Crippen molar-refractivity contribution >= 4 is 0 Å². The highest BCUT2D eigenvalue weighted by Gasteiger charge is 2.38. The van der Waals surface area contributed by atoms with Crippen molar-refractivity contribution in [1.82, 2.24) is 0 Å². The van der Waals surface area contributed by atoms with Gasteiger partial charge in [0.25, 0.3) is 0 Å². The van der Waals surface area contributed by atoms with E-state index in [0.717, 1.165) is 30.6 Å². The third-order valence-electron chi connectivity index (χ3n) is 4.63. The van der Waals surface area contributed by atoms with Crippen molar-refractivity contribution in [3.63, 3.8) is 0 Å². The lowest BCUT2D eigenvalue weighted by Gasteiger charge is -2.30. The minimum absolute atomic E-state index is 0.00586. The van der Waals surface area contributed by atoms with Crippen molar-refractivity contribution < 1.29 is 10.0 Å². The van der Waals surface area contributed by atoms with E-state index in [1.165, 1.54) is 32.5 Å². The summed E-state index contributed by atoms with van der Waals surface area (Å²) in [4.78, 5) is 1.74. The van der Waals surface area contributed by atoms with Gasteiger partial charge in [0.05, 0.1) is 25.7 Å². The zero-order chi connectivity index (χ0) is 10.3. The van der Waals surface area contributed by atoms with E-state index < -0.39 is 0 Å². The van der Waals surface area contributed by atoms with Crippen LogP contribution in [0.25, 0.3) is 0 Å². The second-order valence-corrected chi connectivity index (χ2v) is 5.73. The zero-order valence-corrected chi connectivity index (χ0v) is 9.36. The van der Waals surface area contributed by atoms with E-state index in [1.54, 1.807) is 4.90 Å². The van der Waals surface area contributed by atoms with Gasteiger partial charge in [0, 0.05) is 18.8 Å². The lowest BCUT2D eigenvalue weighted by atomic mass is 9.92. The monoisotopic (exact) mass is 208 g/mol. The van der Waals surface area contributed by atoms with Crippen LogP contribution in [0.4, 0.5) is 0 Å². The molecule has 3 rings (SSSR count). The average molecular weight is 208 g/mol. The summed E-state index contributed by atoms with van der Waals surface area (Å²) in [6.45, 7) is 3.75. The molecule has 2 heteroatoms. The Kier molecular flexibility index (Phi) is 2.57. The van der Waals surface area contributed by atoms with Gasteiger partial charge in [-0.25, -0.2) is 0 Å². The maximum absolute atomic E-state index is 9.47. The quantitative estimate of drug-likeness (QED) is 0.624. The van der Waals surface area contributed by atoms with Crippen LogP contribution >= 0.6 is 0 Å². The minimum atomic E-state index is -0.00586. The Balaban J connectivity index is 1.51. The van der Waals surface area contributed by atoms with Crippen LogP contribution in [0, 0.1) is 17.8 Å². The number of piperidine rings is 1. The fourth-order valence-electron chi connectivity index (χ4n) is 3.72. The summed E-state index contributed by atoms with van der Waals surface area (Å²) in [5.74, 6) is 2.76. The summed E-state index contributed by atoms with van der Waals surface area (Å²) in [7, 11) is 0. The van der Waals surface area contributed by atoms with Crippen molar-refractivity contribution in [3.8, 4) is 0 Å². The number of hydrogen-bond donors (Lipinski definition) is 2. The first-order valence-electron chi connectivity index (χ1n) is 6.51. The largest absolute Gasteiger partial charge is 0.393 e. The molecule has 0 radical (unpaired) electrons. The summed E-state index contributed by atoms with van der Waals surface area (Å²) in [6.07, 6.45) is 9.79. The maximum atomic E-state index is 9.47. The van der Waals surface area contributed by atoms with Gasteiger partial charge in [-0.1, -0.05) is 12.2 Å². The molecule has 2 nitrogen and oxygen atoms in total. The lowest BCUT2D eigenvalue weighted by molar-refractivity contribution is -0.909. The molecule has 0 unspecified atom stereocenters. The first kappa shape index (κ1) is 9.86. The topological polar surface area (TPSA) is 24.7 Å². The number of fused-ring (bicyclic) bond motifs is 2. The molecule has 15 heavy (non-hydrogen) atoms. The van der Waals surface area contributed by atoms with Gasteiger partial charge in [-0.2, -0.15) is 0 Å². The van der Waals surface area contributed by atoms with Crippen LogP contribution in [-0.4, -0.2) is 30.8 Å². The average Bonchev–Trinajstić information content (AvgIpc) is 2.83. The highest BCUT2D eigenvalue weighted by atomic mass is 16.3. The Labute approximate surface area is 92.0 Å². The van der Waals surface area contributed by atoms with Gasteiger partial charge >= 0.3 is 0 Å². The number of allylic oxidation sites excluding steroid dienone is 2. The third-order valence-corrected chi connectivity index (χ3v) is 4.63. The number of nitrogens with one attached hydrogen (secondary N) is 1. The molecule has 1 aliphatic heterocycles. The van der Waals surface area contributed by atoms with Crippen molar-refractivity contribution in [2.75, 3.05) is 19.6 Å². The number of quaternary nitrogens is 1. The molecule has 2 bridgehead atoms. The van der Waals surface area contributed by atoms with E-state index in [4.69, 9.17) is 0 Å². The SMILES string of the molecule is OC1CC[NH+](C[C@@H]2C[C@H]3C=C[C@@H]2C3)CC1. The van der Waals surface area contributed by atoms with E-state index in [0.29, 0.717) is 0 Å². The molecule has 84 valence electrons. The number of rotatable bonds is 2. The molecule has 2 aliphatic carbocycles. The highest BCUT2D eigenvalue weighted by molar-refractivity contribution is 5.09. The van der Waals surface area contributed by atoms with Crippen LogP contribution in [0.15, 0.2) is 12.2 Å². The van der Waals surface area contributed by atoms with Gasteiger partial charge in [0.2, 0.25) is 0 Å². The van der Waals surface area contributed by atoms with Gasteiger partial charge in [0.15, 0.2) is 0 Å². The van der Waals surface area contributed by atoms with E-state index in [9.17, 15) is 5.11 Å². The number of hydrogen-bond acceptors (Lipinski definition) is 1. The summed E-state index contributed by atoms with van der Waals surface area (Å²) in [5, 5.41) is 9.47. The predicted molar refractivity (Wildman–Crippen MR) is 59.6 cm³/mol. The highest BCUT2D eigenvalue weighted by Crippen LogP contribution is 2.42. The van der Waals surface area contributed by atoms with Crippen molar-refractivity contribution in [3.05, 3.63) is 12.2 Å². The minimum Gasteiger partial charge on any atom is -0.393 e. The zero-order valence-electron chi connectivity index (χ0n) is 9.36. The van der Waals surface area contributed by atoms with Crippen LogP contribution in [-0.2, 0) is 0 Å². The fourth-order valence-corrected chi connectivity index (χ4v) is 3.72. The molecule has 1 saturated heterocycles. The molecule has 0 spiro atoms. The smallest absolute Gasteiger partial charge is 0.0805 e. The van der Waals surface area contributed by atoms with Crippen LogP contribution in [0.3, 0.4) is 0 Å². The van der Waals surface area contributed by atoms with E-state index in [1.807, 2.05) is 0 Å². The van der Waals surface area contributed by atoms with Gasteiger partial charge in [0.1, 0.15) is 0 Å². The Morgan fingerprint density at radius 1 is 1.13 bits per heavy atom. The van der Waals surface area contributed by atoms with Crippen molar-refractivity contribution in [1.29, 1.82) is 0 Å². The molecule has 2 N–H and O–H groups in total. The summed E-state index contributed by atoms with van der Waals surface area (Å²) in [6, 6.07) is 0. The van der Waals surface area contributed by atoms with Crippen LogP contribution in [0.5, 0.6) is 0 Å². The molecule has 2 fully saturated rings. The molecule has 3 aliphatic rings. The van der Waals surface area contributed by atoms with Crippen LogP contribution in [0.1, 0.15) is 25.7 Å². The first-order valence-corrected chi connectivity index (χ1v) is 6.51. The fraction of sp³-hybridized carbons (Fsp3) is 0.846. The summed E-state index contributed by atoms with van der Waals surface area (Å²) in [5.41, 5.74) is 0. The maximum Gasteiger partial charge on any atom is 0.0805 e. The lowest BCUT2D eigenvalue weighted by Crippen LogP contribution is -3.14. The van der Waals surface area contributed by atoms with E-state index in [2.05, 4.69) is 12.2 Å². The number of aliphatic hydroxyl groups is 1. The molecule has 0 aromatic rings. The second kappa shape index (κ2) is 3.91. The van der Waals surface area contributed by atoms with E-state index in [-0.39, 0.29) is 6.10 Å². The molecule has 0 aromatic carbocycles. The van der Waals surface area contributed by atoms with Crippen molar-refractivity contribution in [2.24, 2.45) is 17.8 Å². The Morgan fingerprint density at radius 2 is 1.93 bits per heavy atom. The molecule has 0 aromatic heterocycles. The molecule has 3 atom stereocenters. The third kappa shape index (κ3) is 1.98. The Morgan fingerprint density at radius 3 is 2.53 bits per heavy atom. The molecule has 1 saturated carbocycles. The van der Waals surface area contributed by atoms with Gasteiger partial charge in [-0.15, -0.1) is 0 Å². The van der Waals surface area contributed by atoms with Gasteiger partial charge in [-0.3, -0.25) is 0 Å². The normalized spacial score (nSPS) is 48.7. The molecule has 1 heterocycles. The van der Waals surface area contributed by atoms with Crippen LogP contribution < -0.4 is 4.90 Å². The predicted octanol–water partition coefficient (Wildman–Crippen LogP) is 0.238. The number of aliphatic hydroxyl groups excluding tert-OH is 1. The van der Waals surface area contributed by atoms with Gasteiger partial charge in [-0.05, 0) is 24.7 Å². The Hall–Kier alpha value is -0.340.